The molecule has 29 heavy (non-hydrogen) atoms. The minimum Gasteiger partial charge on any atom is -0.508 e. The van der Waals surface area contributed by atoms with E-state index < -0.39 is 6.09 Å². The van der Waals surface area contributed by atoms with E-state index in [1.807, 2.05) is 45.0 Å². The van der Waals surface area contributed by atoms with Crippen molar-refractivity contribution in [2.45, 2.75) is 32.9 Å². The Morgan fingerprint density at radius 3 is 2.38 bits per heavy atom. The molecule has 150 valence electrons. The number of alkyl carbamates (subject to hydrolysis) is 1. The van der Waals surface area contributed by atoms with Gasteiger partial charge in [-0.05, 0) is 61.4 Å². The lowest BCUT2D eigenvalue weighted by molar-refractivity contribution is 0.102. The monoisotopic (exact) mass is 392 g/mol. The summed E-state index contributed by atoms with van der Waals surface area (Å²) in [4.78, 5) is 24.4. The molecule has 3 aromatic carbocycles. The van der Waals surface area contributed by atoms with E-state index in [4.69, 9.17) is 4.74 Å². The largest absolute Gasteiger partial charge is 0.508 e. The van der Waals surface area contributed by atoms with Gasteiger partial charge < -0.3 is 20.5 Å². The van der Waals surface area contributed by atoms with E-state index in [2.05, 4.69) is 10.6 Å². The molecule has 0 atom stereocenters. The molecular weight excluding hydrogens is 368 g/mol. The summed E-state index contributed by atoms with van der Waals surface area (Å²) in [5.74, 6) is -0.277. The standard InChI is InChI=1S/C23H24N2O4/c1-23(2,3)25-22(28)29-14-15-8-10-17(11-9-15)24-21(27)20-13-18(26)12-16-6-4-5-7-19(16)20/h4-13,26H,14H2,1-3H3,(H,24,27)(H,25,28). The van der Waals surface area contributed by atoms with Gasteiger partial charge in [-0.15, -0.1) is 0 Å². The third-order valence-corrected chi connectivity index (χ3v) is 4.15. The van der Waals surface area contributed by atoms with Crippen LogP contribution in [0, 0.1) is 0 Å². The molecule has 0 unspecified atom stereocenters. The summed E-state index contributed by atoms with van der Waals surface area (Å²) in [7, 11) is 0. The number of carbonyl (C=O) groups excluding carboxylic acids is 2. The van der Waals surface area contributed by atoms with Crippen molar-refractivity contribution in [3.63, 3.8) is 0 Å². The smallest absolute Gasteiger partial charge is 0.407 e. The zero-order valence-corrected chi connectivity index (χ0v) is 16.7. The minimum atomic E-state index is -0.481. The molecule has 0 bridgehead atoms. The van der Waals surface area contributed by atoms with Gasteiger partial charge in [0.25, 0.3) is 5.91 Å². The van der Waals surface area contributed by atoms with Crippen molar-refractivity contribution in [2.75, 3.05) is 5.32 Å². The summed E-state index contributed by atoms with van der Waals surface area (Å²) in [5.41, 5.74) is 1.44. The highest BCUT2D eigenvalue weighted by molar-refractivity contribution is 6.13. The molecule has 0 heterocycles. The Morgan fingerprint density at radius 1 is 1.00 bits per heavy atom. The van der Waals surface area contributed by atoms with Gasteiger partial charge in [-0.2, -0.15) is 0 Å². The average molecular weight is 392 g/mol. The predicted octanol–water partition coefficient (Wildman–Crippen LogP) is 4.82. The first-order valence-electron chi connectivity index (χ1n) is 9.28. The van der Waals surface area contributed by atoms with Crippen molar-refractivity contribution in [1.82, 2.24) is 5.32 Å². The van der Waals surface area contributed by atoms with E-state index >= 15 is 0 Å². The normalized spacial score (nSPS) is 11.1. The van der Waals surface area contributed by atoms with E-state index in [9.17, 15) is 14.7 Å². The number of fused-ring (bicyclic) bond motifs is 1. The maximum atomic E-state index is 12.7. The highest BCUT2D eigenvalue weighted by Gasteiger charge is 2.15. The number of aromatic hydroxyl groups is 1. The molecule has 3 N–H and O–H groups in total. The van der Waals surface area contributed by atoms with Crippen LogP contribution in [0.3, 0.4) is 0 Å². The summed E-state index contributed by atoms with van der Waals surface area (Å²) in [6.45, 7) is 5.76. The molecule has 0 fully saturated rings. The van der Waals surface area contributed by atoms with Crippen LogP contribution in [0.15, 0.2) is 60.7 Å². The Bertz CT molecular complexity index is 1040. The fourth-order valence-corrected chi connectivity index (χ4v) is 2.86. The molecule has 3 aromatic rings. The van der Waals surface area contributed by atoms with Gasteiger partial charge in [0.05, 0.1) is 5.56 Å². The van der Waals surface area contributed by atoms with Crippen LogP contribution in [0.4, 0.5) is 10.5 Å². The van der Waals surface area contributed by atoms with Gasteiger partial charge in [-0.25, -0.2) is 4.79 Å². The van der Waals surface area contributed by atoms with Crippen LogP contribution in [0.2, 0.25) is 0 Å². The zero-order valence-electron chi connectivity index (χ0n) is 16.7. The van der Waals surface area contributed by atoms with Gasteiger partial charge >= 0.3 is 6.09 Å². The van der Waals surface area contributed by atoms with Gasteiger partial charge in [0.1, 0.15) is 12.4 Å². The number of hydrogen-bond donors (Lipinski definition) is 3. The third kappa shape index (κ3) is 5.48. The van der Waals surface area contributed by atoms with Crippen molar-refractivity contribution < 1.29 is 19.4 Å². The molecule has 0 saturated carbocycles. The number of phenolic OH excluding ortho intramolecular Hbond substituents is 1. The lowest BCUT2D eigenvalue weighted by Crippen LogP contribution is -2.40. The van der Waals surface area contributed by atoms with Crippen LogP contribution in [0.25, 0.3) is 10.8 Å². The first kappa shape index (κ1) is 20.2. The second kappa shape index (κ2) is 8.22. The molecule has 0 radical (unpaired) electrons. The molecule has 6 heteroatoms. The number of carbonyl (C=O) groups is 2. The quantitative estimate of drug-likeness (QED) is 0.594. The molecule has 0 saturated heterocycles. The maximum Gasteiger partial charge on any atom is 0.407 e. The Labute approximate surface area is 169 Å². The van der Waals surface area contributed by atoms with Gasteiger partial charge in [-0.3, -0.25) is 4.79 Å². The zero-order chi connectivity index (χ0) is 21.0. The van der Waals surface area contributed by atoms with Crippen LogP contribution in [0.1, 0.15) is 36.7 Å². The van der Waals surface area contributed by atoms with E-state index in [1.165, 1.54) is 6.07 Å². The van der Waals surface area contributed by atoms with E-state index in [1.54, 1.807) is 30.3 Å². The number of benzene rings is 3. The molecular formula is C23H24N2O4. The van der Waals surface area contributed by atoms with Crippen LogP contribution >= 0.6 is 0 Å². The topological polar surface area (TPSA) is 87.7 Å². The molecule has 0 aromatic heterocycles. The summed E-state index contributed by atoms with van der Waals surface area (Å²) in [6.07, 6.45) is -0.481. The first-order chi connectivity index (χ1) is 13.7. The third-order valence-electron chi connectivity index (χ3n) is 4.15. The van der Waals surface area contributed by atoms with Crippen LogP contribution in [0.5, 0.6) is 5.75 Å². The van der Waals surface area contributed by atoms with E-state index in [0.29, 0.717) is 11.3 Å². The molecule has 2 amide bonds. The highest BCUT2D eigenvalue weighted by atomic mass is 16.5. The van der Waals surface area contributed by atoms with E-state index in [-0.39, 0.29) is 23.8 Å². The number of amides is 2. The summed E-state index contributed by atoms with van der Waals surface area (Å²) in [6, 6.07) is 17.5. The Morgan fingerprint density at radius 2 is 1.69 bits per heavy atom. The number of phenols is 1. The molecule has 0 aliphatic heterocycles. The fourth-order valence-electron chi connectivity index (χ4n) is 2.86. The maximum absolute atomic E-state index is 12.7. The lowest BCUT2D eigenvalue weighted by Gasteiger charge is -2.20. The summed E-state index contributed by atoms with van der Waals surface area (Å²) < 4.78 is 5.19. The second-order valence-corrected chi connectivity index (χ2v) is 7.82. The number of nitrogens with one attached hydrogen (secondary N) is 2. The molecule has 0 spiro atoms. The molecule has 3 rings (SSSR count). The molecule has 0 aliphatic rings. The van der Waals surface area contributed by atoms with Crippen LogP contribution in [-0.4, -0.2) is 22.6 Å². The van der Waals surface area contributed by atoms with Gasteiger partial charge in [0, 0.05) is 11.2 Å². The second-order valence-electron chi connectivity index (χ2n) is 7.82. The Balaban J connectivity index is 1.66. The van der Waals surface area contributed by atoms with Crippen molar-refractivity contribution in [2.24, 2.45) is 0 Å². The van der Waals surface area contributed by atoms with Crippen molar-refractivity contribution in [3.8, 4) is 5.75 Å². The predicted molar refractivity (Wildman–Crippen MR) is 113 cm³/mol. The fraction of sp³-hybridized carbons (Fsp3) is 0.217. The van der Waals surface area contributed by atoms with Crippen molar-refractivity contribution in [3.05, 3.63) is 71.8 Å². The number of hydrogen-bond acceptors (Lipinski definition) is 4. The average Bonchev–Trinajstić information content (AvgIpc) is 2.65. The highest BCUT2D eigenvalue weighted by Crippen LogP contribution is 2.25. The Kier molecular flexibility index (Phi) is 5.73. The van der Waals surface area contributed by atoms with Crippen molar-refractivity contribution in [1.29, 1.82) is 0 Å². The lowest BCUT2D eigenvalue weighted by atomic mass is 10.0. The van der Waals surface area contributed by atoms with Crippen LogP contribution in [-0.2, 0) is 11.3 Å². The van der Waals surface area contributed by atoms with Gasteiger partial charge in [-0.1, -0.05) is 36.4 Å². The first-order valence-corrected chi connectivity index (χ1v) is 9.28. The number of rotatable bonds is 4. The van der Waals surface area contributed by atoms with Crippen LogP contribution < -0.4 is 10.6 Å². The SMILES string of the molecule is CC(C)(C)NC(=O)OCc1ccc(NC(=O)c2cc(O)cc3ccccc23)cc1. The van der Waals surface area contributed by atoms with E-state index in [0.717, 1.165) is 16.3 Å². The molecule has 0 aliphatic carbocycles. The number of ether oxygens (including phenoxy) is 1. The van der Waals surface area contributed by atoms with Gasteiger partial charge in [0.2, 0.25) is 0 Å². The van der Waals surface area contributed by atoms with Crippen molar-refractivity contribution >= 4 is 28.5 Å². The minimum absolute atomic E-state index is 0.0369. The summed E-state index contributed by atoms with van der Waals surface area (Å²) >= 11 is 0. The number of anilines is 1. The molecule has 6 nitrogen and oxygen atoms in total. The van der Waals surface area contributed by atoms with Gasteiger partial charge in [0.15, 0.2) is 0 Å². The Hall–Kier alpha value is -3.54. The summed E-state index contributed by atoms with van der Waals surface area (Å²) in [5, 5.41) is 17.0.